The zero-order chi connectivity index (χ0) is 20.1. The number of carbonyl (C=O) groups excluding carboxylic acids is 2. The van der Waals surface area contributed by atoms with Crippen LogP contribution in [0.2, 0.25) is 0 Å². The average Bonchev–Trinajstić information content (AvgIpc) is 2.92. The zero-order valence-corrected chi connectivity index (χ0v) is 15.6. The molecule has 1 amide bonds. The lowest BCUT2D eigenvalue weighted by Crippen LogP contribution is -2.56. The Morgan fingerprint density at radius 3 is 2.29 bits per heavy atom. The molecule has 1 aliphatic heterocycles. The van der Waals surface area contributed by atoms with Crippen LogP contribution >= 0.6 is 0 Å². The molecule has 28 heavy (non-hydrogen) atoms. The van der Waals surface area contributed by atoms with Crippen LogP contribution in [0.15, 0.2) is 54.6 Å². The van der Waals surface area contributed by atoms with Gasteiger partial charge in [0.1, 0.15) is 5.41 Å². The summed E-state index contributed by atoms with van der Waals surface area (Å²) < 4.78 is 0. The highest BCUT2D eigenvalue weighted by Gasteiger charge is 2.68. The fourth-order valence-electron chi connectivity index (χ4n) is 4.40. The third-order valence-corrected chi connectivity index (χ3v) is 5.92. The molecule has 0 bridgehead atoms. The second kappa shape index (κ2) is 5.90. The maximum atomic E-state index is 13.5. The Labute approximate surface area is 163 Å². The number of nitriles is 2. The van der Waals surface area contributed by atoms with Crippen LogP contribution in [0.3, 0.4) is 0 Å². The van der Waals surface area contributed by atoms with Crippen LogP contribution in [-0.2, 0) is 15.0 Å². The molecule has 0 saturated heterocycles. The van der Waals surface area contributed by atoms with Crippen LogP contribution in [0.1, 0.15) is 23.1 Å². The van der Waals surface area contributed by atoms with Crippen molar-refractivity contribution in [3.8, 4) is 12.1 Å². The summed E-state index contributed by atoms with van der Waals surface area (Å²) in [6.45, 7) is 1.97. The Morgan fingerprint density at radius 2 is 1.64 bits per heavy atom. The molecule has 1 atom stereocenters. The zero-order valence-electron chi connectivity index (χ0n) is 15.6. The van der Waals surface area contributed by atoms with Crippen LogP contribution in [0.4, 0.5) is 5.69 Å². The summed E-state index contributed by atoms with van der Waals surface area (Å²) in [7, 11) is 1.61. The molecule has 0 N–H and O–H groups in total. The van der Waals surface area contributed by atoms with Crippen LogP contribution in [-0.4, -0.2) is 18.7 Å². The topological polar surface area (TPSA) is 85.0 Å². The van der Waals surface area contributed by atoms with E-state index >= 15 is 0 Å². The highest BCUT2D eigenvalue weighted by atomic mass is 16.2. The lowest BCUT2D eigenvalue weighted by Gasteiger charge is -2.40. The smallest absolute Gasteiger partial charge is 0.241 e. The van der Waals surface area contributed by atoms with Crippen LogP contribution in [0.25, 0.3) is 5.57 Å². The number of amides is 1. The molecule has 0 radical (unpaired) electrons. The van der Waals surface area contributed by atoms with Crippen molar-refractivity contribution in [2.24, 2.45) is 5.41 Å². The number of benzene rings is 2. The van der Waals surface area contributed by atoms with Gasteiger partial charge in [0, 0.05) is 12.7 Å². The standard InChI is InChI=1S/C23H17N3O2/c1-15-7-9-16(10-8-15)17-11-20(27)22(13-24,14-25)23(12-17)18-5-3-4-6-19(18)26(2)21(23)28/h3-11H,12H2,1-2H3/t23-/m1/s1. The first-order chi connectivity index (χ1) is 13.4. The largest absolute Gasteiger partial charge is 0.314 e. The van der Waals surface area contributed by atoms with Gasteiger partial charge in [0.2, 0.25) is 11.3 Å². The van der Waals surface area contributed by atoms with E-state index in [4.69, 9.17) is 0 Å². The van der Waals surface area contributed by atoms with Crippen molar-refractivity contribution in [3.05, 3.63) is 71.3 Å². The molecule has 2 aromatic carbocycles. The molecule has 0 saturated carbocycles. The van der Waals surface area contributed by atoms with Crippen molar-refractivity contribution in [2.45, 2.75) is 18.8 Å². The molecule has 2 aliphatic rings. The Bertz CT molecular complexity index is 1120. The molecule has 5 heteroatoms. The third-order valence-electron chi connectivity index (χ3n) is 5.92. The summed E-state index contributed by atoms with van der Waals surface area (Å²) >= 11 is 0. The predicted octanol–water partition coefficient (Wildman–Crippen LogP) is 3.30. The summed E-state index contributed by atoms with van der Waals surface area (Å²) in [4.78, 5) is 28.1. The van der Waals surface area contributed by atoms with Gasteiger partial charge >= 0.3 is 0 Å². The van der Waals surface area contributed by atoms with Crippen molar-refractivity contribution >= 4 is 23.0 Å². The van der Waals surface area contributed by atoms with E-state index in [1.807, 2.05) is 43.3 Å². The van der Waals surface area contributed by atoms with E-state index in [1.54, 1.807) is 31.3 Å². The van der Waals surface area contributed by atoms with Crippen LogP contribution in [0, 0.1) is 35.0 Å². The minimum Gasteiger partial charge on any atom is -0.314 e. The van der Waals surface area contributed by atoms with Gasteiger partial charge in [-0.15, -0.1) is 0 Å². The number of para-hydroxylation sites is 1. The summed E-state index contributed by atoms with van der Waals surface area (Å²) in [6.07, 6.45) is 1.47. The van der Waals surface area contributed by atoms with Gasteiger partial charge in [-0.25, -0.2) is 0 Å². The second-order valence-electron chi connectivity index (χ2n) is 7.34. The van der Waals surface area contributed by atoms with E-state index in [9.17, 15) is 20.1 Å². The summed E-state index contributed by atoms with van der Waals surface area (Å²) in [5, 5.41) is 19.9. The Hall–Kier alpha value is -3.70. The number of allylic oxidation sites excluding steroid dienone is 2. The van der Waals surface area contributed by atoms with Gasteiger partial charge in [0.25, 0.3) is 0 Å². The minimum atomic E-state index is -2.10. The lowest BCUT2D eigenvalue weighted by atomic mass is 9.54. The van der Waals surface area contributed by atoms with Gasteiger partial charge in [-0.05, 0) is 42.2 Å². The molecule has 0 fully saturated rings. The molecule has 5 nitrogen and oxygen atoms in total. The predicted molar refractivity (Wildman–Crippen MR) is 104 cm³/mol. The van der Waals surface area contributed by atoms with Gasteiger partial charge in [-0.2, -0.15) is 10.5 Å². The first kappa shape index (κ1) is 17.7. The molecule has 2 aromatic rings. The van der Waals surface area contributed by atoms with Crippen molar-refractivity contribution < 1.29 is 9.59 Å². The molecule has 0 unspecified atom stereocenters. The Balaban J connectivity index is 2.03. The van der Waals surface area contributed by atoms with Gasteiger partial charge in [-0.3, -0.25) is 9.59 Å². The monoisotopic (exact) mass is 367 g/mol. The van der Waals surface area contributed by atoms with Gasteiger partial charge in [-0.1, -0.05) is 48.0 Å². The fraction of sp³-hybridized carbons (Fsp3) is 0.217. The van der Waals surface area contributed by atoms with E-state index in [0.29, 0.717) is 16.8 Å². The fourth-order valence-corrected chi connectivity index (χ4v) is 4.40. The molecule has 136 valence electrons. The molecular weight excluding hydrogens is 350 g/mol. The SMILES string of the molecule is Cc1ccc(C2=CC(=O)C(C#N)(C#N)[C@@]3(C2)C(=O)N(C)c2ccccc23)cc1. The molecule has 4 rings (SSSR count). The summed E-state index contributed by atoms with van der Waals surface area (Å²) in [5.74, 6) is -1.04. The molecule has 0 aromatic heterocycles. The van der Waals surface area contributed by atoms with Crippen LogP contribution < -0.4 is 4.90 Å². The highest BCUT2D eigenvalue weighted by molar-refractivity contribution is 6.19. The van der Waals surface area contributed by atoms with Crippen LogP contribution in [0.5, 0.6) is 0 Å². The van der Waals surface area contributed by atoms with E-state index in [0.717, 1.165) is 11.1 Å². The van der Waals surface area contributed by atoms with E-state index in [-0.39, 0.29) is 6.42 Å². The number of anilines is 1. The molecule has 1 heterocycles. The minimum absolute atomic E-state index is 0.114. The van der Waals surface area contributed by atoms with Crippen molar-refractivity contribution in [1.29, 1.82) is 10.5 Å². The normalized spacial score (nSPS) is 22.4. The number of hydrogen-bond acceptors (Lipinski definition) is 4. The van der Waals surface area contributed by atoms with E-state index in [1.165, 1.54) is 11.0 Å². The number of fused-ring (bicyclic) bond motifs is 2. The number of rotatable bonds is 1. The number of nitrogens with zero attached hydrogens (tertiary/aromatic N) is 3. The third kappa shape index (κ3) is 1.99. The van der Waals surface area contributed by atoms with E-state index < -0.39 is 22.5 Å². The number of ketones is 1. The lowest BCUT2D eigenvalue weighted by molar-refractivity contribution is -0.132. The van der Waals surface area contributed by atoms with Crippen molar-refractivity contribution in [2.75, 3.05) is 11.9 Å². The summed E-state index contributed by atoms with van der Waals surface area (Å²) in [5.41, 5.74) is 0.0587. The highest BCUT2D eigenvalue weighted by Crippen LogP contribution is 2.58. The quantitative estimate of drug-likeness (QED) is 0.774. The molecule has 1 aliphatic carbocycles. The summed E-state index contributed by atoms with van der Waals surface area (Å²) in [6, 6.07) is 18.6. The van der Waals surface area contributed by atoms with Gasteiger partial charge in [0.15, 0.2) is 5.78 Å². The Morgan fingerprint density at radius 1 is 1.00 bits per heavy atom. The first-order valence-electron chi connectivity index (χ1n) is 8.93. The van der Waals surface area contributed by atoms with Crippen molar-refractivity contribution in [1.82, 2.24) is 0 Å². The number of likely N-dealkylation sites (N-methyl/N-ethyl adjacent to an activating group) is 1. The van der Waals surface area contributed by atoms with E-state index in [2.05, 4.69) is 0 Å². The second-order valence-corrected chi connectivity index (χ2v) is 7.34. The molecular formula is C23H17N3O2. The maximum absolute atomic E-state index is 13.5. The number of carbonyl (C=O) groups is 2. The van der Waals surface area contributed by atoms with Gasteiger partial charge < -0.3 is 4.90 Å². The first-order valence-corrected chi connectivity index (χ1v) is 8.93. The Kier molecular flexibility index (Phi) is 3.73. The number of hydrogen-bond donors (Lipinski definition) is 0. The van der Waals surface area contributed by atoms with Crippen molar-refractivity contribution in [3.63, 3.8) is 0 Å². The number of aryl methyl sites for hydroxylation is 1. The average molecular weight is 367 g/mol. The maximum Gasteiger partial charge on any atom is 0.241 e. The molecule has 1 spiro atoms. The van der Waals surface area contributed by atoms with Gasteiger partial charge in [0.05, 0.1) is 12.1 Å².